The first kappa shape index (κ1) is 14.8. The van der Waals surface area contributed by atoms with E-state index in [2.05, 4.69) is 15.9 Å². The number of halogens is 4. The summed E-state index contributed by atoms with van der Waals surface area (Å²) in [5.41, 5.74) is 0.947. The van der Waals surface area contributed by atoms with Gasteiger partial charge in [0.25, 0.3) is 0 Å². The van der Waals surface area contributed by atoms with Gasteiger partial charge in [0.1, 0.15) is 5.82 Å². The lowest BCUT2D eigenvalue weighted by Gasteiger charge is -2.15. The predicted molar refractivity (Wildman–Crippen MR) is 79.2 cm³/mol. The summed E-state index contributed by atoms with van der Waals surface area (Å²) in [6, 6.07) is 9.58. The van der Waals surface area contributed by atoms with Gasteiger partial charge >= 0.3 is 0 Å². The number of aliphatic hydroxyl groups excluding tert-OH is 1. The van der Waals surface area contributed by atoms with Crippen molar-refractivity contribution < 1.29 is 9.50 Å². The molecule has 0 fully saturated rings. The van der Waals surface area contributed by atoms with Crippen LogP contribution in [0, 0.1) is 5.82 Å². The topological polar surface area (TPSA) is 20.2 Å². The molecule has 100 valence electrons. The maximum absolute atomic E-state index is 13.7. The highest BCUT2D eigenvalue weighted by molar-refractivity contribution is 9.10. The highest BCUT2D eigenvalue weighted by Crippen LogP contribution is 2.31. The van der Waals surface area contributed by atoms with Crippen molar-refractivity contribution in [3.63, 3.8) is 0 Å². The molecule has 0 heterocycles. The summed E-state index contributed by atoms with van der Waals surface area (Å²) in [6.07, 6.45) is -0.760. The van der Waals surface area contributed by atoms with Gasteiger partial charge in [-0.05, 0) is 29.8 Å². The minimum absolute atomic E-state index is 0.218. The molecule has 1 unspecified atom stereocenters. The monoisotopic (exact) mass is 362 g/mol. The molecule has 0 aliphatic heterocycles. The zero-order chi connectivity index (χ0) is 14.0. The van der Waals surface area contributed by atoms with Gasteiger partial charge in [0.2, 0.25) is 0 Å². The highest BCUT2D eigenvalue weighted by atomic mass is 79.9. The van der Waals surface area contributed by atoms with E-state index in [0.717, 1.165) is 0 Å². The quantitative estimate of drug-likeness (QED) is 0.797. The predicted octanol–water partition coefficient (Wildman–Crippen LogP) is 5.17. The van der Waals surface area contributed by atoms with Crippen LogP contribution in [-0.2, 0) is 6.42 Å². The third-order valence-electron chi connectivity index (χ3n) is 2.76. The summed E-state index contributed by atoms with van der Waals surface area (Å²) < 4.78 is 14.3. The third kappa shape index (κ3) is 3.48. The van der Waals surface area contributed by atoms with Crippen LogP contribution < -0.4 is 0 Å². The molecule has 2 rings (SSSR count). The van der Waals surface area contributed by atoms with Gasteiger partial charge in [-0.15, -0.1) is 0 Å². The molecule has 19 heavy (non-hydrogen) atoms. The van der Waals surface area contributed by atoms with Gasteiger partial charge in [-0.3, -0.25) is 0 Å². The fraction of sp³-hybridized carbons (Fsp3) is 0.143. The lowest BCUT2D eigenvalue weighted by molar-refractivity contribution is 0.173. The molecule has 0 amide bonds. The second kappa shape index (κ2) is 6.23. The minimum atomic E-state index is -0.978. The molecule has 1 N–H and O–H groups in total. The standard InChI is InChI=1S/C14H10BrCl2FO/c15-10-2-1-3-12(18)14(10)13(19)6-8-4-5-9(16)7-11(8)17/h1-5,7,13,19H,6H2. The van der Waals surface area contributed by atoms with E-state index in [9.17, 15) is 9.50 Å². The summed E-state index contributed by atoms with van der Waals surface area (Å²) in [5, 5.41) is 11.1. The Morgan fingerprint density at radius 2 is 1.95 bits per heavy atom. The van der Waals surface area contributed by atoms with Crippen molar-refractivity contribution in [1.29, 1.82) is 0 Å². The van der Waals surface area contributed by atoms with Gasteiger partial charge in [-0.25, -0.2) is 4.39 Å². The van der Waals surface area contributed by atoms with Crippen molar-refractivity contribution >= 4 is 39.1 Å². The lowest BCUT2D eigenvalue weighted by atomic mass is 10.0. The summed E-state index contributed by atoms with van der Waals surface area (Å²) >= 11 is 15.1. The fourth-order valence-corrected chi connectivity index (χ4v) is 2.92. The van der Waals surface area contributed by atoms with Crippen LogP contribution in [-0.4, -0.2) is 5.11 Å². The van der Waals surface area contributed by atoms with Gasteiger partial charge in [0.15, 0.2) is 0 Å². The Kier molecular flexibility index (Phi) is 4.85. The van der Waals surface area contributed by atoms with Gasteiger partial charge in [-0.2, -0.15) is 0 Å². The summed E-state index contributed by atoms with van der Waals surface area (Å²) in [7, 11) is 0. The molecule has 0 bridgehead atoms. The Bertz CT molecular complexity index is 584. The first-order valence-corrected chi connectivity index (χ1v) is 7.10. The molecule has 0 saturated carbocycles. The molecular formula is C14H10BrCl2FO. The van der Waals surface area contributed by atoms with Crippen molar-refractivity contribution in [2.24, 2.45) is 0 Å². The third-order valence-corrected chi connectivity index (χ3v) is 4.04. The molecule has 0 aliphatic rings. The van der Waals surface area contributed by atoms with Crippen LogP contribution in [0.15, 0.2) is 40.9 Å². The Balaban J connectivity index is 2.28. The van der Waals surface area contributed by atoms with E-state index >= 15 is 0 Å². The number of hydrogen-bond acceptors (Lipinski definition) is 1. The first-order valence-electron chi connectivity index (χ1n) is 5.55. The molecule has 2 aromatic rings. The SMILES string of the molecule is OC(Cc1ccc(Cl)cc1Cl)c1c(F)cccc1Br. The second-order valence-electron chi connectivity index (χ2n) is 4.09. The van der Waals surface area contributed by atoms with E-state index in [1.165, 1.54) is 6.07 Å². The van der Waals surface area contributed by atoms with Crippen LogP contribution in [0.5, 0.6) is 0 Å². The van der Waals surface area contributed by atoms with Crippen LogP contribution in [0.3, 0.4) is 0 Å². The molecule has 5 heteroatoms. The van der Waals surface area contributed by atoms with E-state index in [4.69, 9.17) is 23.2 Å². The Morgan fingerprint density at radius 1 is 1.21 bits per heavy atom. The van der Waals surface area contributed by atoms with Crippen molar-refractivity contribution in [3.05, 3.63) is 67.9 Å². The van der Waals surface area contributed by atoms with E-state index in [1.54, 1.807) is 30.3 Å². The zero-order valence-corrected chi connectivity index (χ0v) is 12.8. The smallest absolute Gasteiger partial charge is 0.130 e. The average Bonchev–Trinajstić information content (AvgIpc) is 2.32. The largest absolute Gasteiger partial charge is 0.388 e. The zero-order valence-electron chi connectivity index (χ0n) is 9.71. The molecular weight excluding hydrogens is 354 g/mol. The number of benzene rings is 2. The van der Waals surface area contributed by atoms with Gasteiger partial charge in [-0.1, -0.05) is 51.3 Å². The second-order valence-corrected chi connectivity index (χ2v) is 5.79. The minimum Gasteiger partial charge on any atom is -0.388 e. The summed E-state index contributed by atoms with van der Waals surface area (Å²) in [4.78, 5) is 0. The first-order chi connectivity index (χ1) is 8.99. The maximum Gasteiger partial charge on any atom is 0.130 e. The van der Waals surface area contributed by atoms with Crippen LogP contribution in [0.1, 0.15) is 17.2 Å². The van der Waals surface area contributed by atoms with E-state index in [0.29, 0.717) is 20.1 Å². The van der Waals surface area contributed by atoms with E-state index < -0.39 is 11.9 Å². The molecule has 0 aliphatic carbocycles. The molecule has 0 aromatic heterocycles. The molecule has 1 nitrogen and oxygen atoms in total. The van der Waals surface area contributed by atoms with E-state index in [-0.39, 0.29) is 12.0 Å². The van der Waals surface area contributed by atoms with Crippen molar-refractivity contribution in [2.75, 3.05) is 0 Å². The fourth-order valence-electron chi connectivity index (χ4n) is 1.83. The average molecular weight is 364 g/mol. The molecule has 0 radical (unpaired) electrons. The van der Waals surface area contributed by atoms with Crippen molar-refractivity contribution in [2.45, 2.75) is 12.5 Å². The number of rotatable bonds is 3. The highest BCUT2D eigenvalue weighted by Gasteiger charge is 2.17. The molecule has 0 spiro atoms. The van der Waals surface area contributed by atoms with Gasteiger partial charge in [0.05, 0.1) is 6.10 Å². The summed E-state index contributed by atoms with van der Waals surface area (Å²) in [6.45, 7) is 0. The van der Waals surface area contributed by atoms with Gasteiger partial charge < -0.3 is 5.11 Å². The van der Waals surface area contributed by atoms with Crippen molar-refractivity contribution in [1.82, 2.24) is 0 Å². The van der Waals surface area contributed by atoms with Crippen LogP contribution >= 0.6 is 39.1 Å². The normalized spacial score (nSPS) is 12.5. The Hall–Kier alpha value is -0.610. The van der Waals surface area contributed by atoms with Crippen LogP contribution in [0.4, 0.5) is 4.39 Å². The maximum atomic E-state index is 13.7. The number of aliphatic hydroxyl groups is 1. The Labute approximate surface area is 129 Å². The molecule has 1 atom stereocenters. The van der Waals surface area contributed by atoms with E-state index in [1.807, 2.05) is 0 Å². The Morgan fingerprint density at radius 3 is 2.58 bits per heavy atom. The van der Waals surface area contributed by atoms with Crippen molar-refractivity contribution in [3.8, 4) is 0 Å². The number of hydrogen-bond donors (Lipinski definition) is 1. The summed E-state index contributed by atoms with van der Waals surface area (Å²) in [5.74, 6) is -0.452. The van der Waals surface area contributed by atoms with Crippen LogP contribution in [0.2, 0.25) is 10.0 Å². The van der Waals surface area contributed by atoms with Crippen LogP contribution in [0.25, 0.3) is 0 Å². The van der Waals surface area contributed by atoms with Gasteiger partial charge in [0, 0.05) is 26.5 Å². The lowest BCUT2D eigenvalue weighted by Crippen LogP contribution is -2.06. The molecule has 0 saturated heterocycles. The molecule has 2 aromatic carbocycles.